The van der Waals surface area contributed by atoms with Crippen molar-refractivity contribution in [3.8, 4) is 5.75 Å². The van der Waals surface area contributed by atoms with Crippen LogP contribution in [0.25, 0.3) is 0 Å². The third kappa shape index (κ3) is 3.24. The predicted octanol–water partition coefficient (Wildman–Crippen LogP) is 4.80. The van der Waals surface area contributed by atoms with Crippen LogP contribution < -0.4 is 4.74 Å². The van der Waals surface area contributed by atoms with E-state index in [-0.39, 0.29) is 18.6 Å². The van der Waals surface area contributed by atoms with Gasteiger partial charge in [0, 0.05) is 15.9 Å². The summed E-state index contributed by atoms with van der Waals surface area (Å²) in [6.45, 7) is 2.90. The Hall–Kier alpha value is -0.850. The molecule has 0 aliphatic carbocycles. The number of amides is 1. The maximum absolute atomic E-state index is 12.5. The number of hydrogen-bond acceptors (Lipinski definition) is 3. The molecule has 6 heteroatoms. The van der Waals surface area contributed by atoms with Crippen LogP contribution in [0.3, 0.4) is 0 Å². The Bertz CT molecular complexity index is 701. The number of hydrogen-bond donors (Lipinski definition) is 0. The highest BCUT2D eigenvalue weighted by atomic mass is 79.9. The third-order valence-corrected chi connectivity index (χ3v) is 5.95. The van der Waals surface area contributed by atoms with Gasteiger partial charge in [-0.2, -0.15) is 0 Å². The first-order valence-electron chi connectivity index (χ1n) is 7.00. The largest absolute Gasteiger partial charge is 0.483 e. The van der Waals surface area contributed by atoms with Crippen molar-refractivity contribution in [1.29, 1.82) is 0 Å². The Balaban J connectivity index is 1.65. The van der Waals surface area contributed by atoms with Crippen molar-refractivity contribution >= 4 is 49.1 Å². The summed E-state index contributed by atoms with van der Waals surface area (Å²) in [7, 11) is 0. The average Bonchev–Trinajstić information content (AvgIpc) is 2.96. The molecular weight excluding hydrogens is 430 g/mol. The van der Waals surface area contributed by atoms with Crippen molar-refractivity contribution in [2.45, 2.75) is 19.4 Å². The maximum Gasteiger partial charge on any atom is 0.261 e. The minimum Gasteiger partial charge on any atom is -0.483 e. The second-order valence-corrected chi connectivity index (χ2v) is 7.95. The van der Waals surface area contributed by atoms with E-state index in [4.69, 9.17) is 4.74 Å². The SMILES string of the molecule is CC1c2ccsc2CCN1C(=O)COc1ccc(Br)cc1Br. The van der Waals surface area contributed by atoms with Crippen molar-refractivity contribution in [3.63, 3.8) is 0 Å². The summed E-state index contributed by atoms with van der Waals surface area (Å²) in [5.41, 5.74) is 1.27. The summed E-state index contributed by atoms with van der Waals surface area (Å²) in [5, 5.41) is 2.10. The zero-order chi connectivity index (χ0) is 15.7. The molecule has 2 aromatic rings. The number of benzene rings is 1. The van der Waals surface area contributed by atoms with E-state index in [0.717, 1.165) is 21.9 Å². The summed E-state index contributed by atoms with van der Waals surface area (Å²) >= 11 is 8.62. The van der Waals surface area contributed by atoms with Crippen molar-refractivity contribution in [1.82, 2.24) is 4.90 Å². The van der Waals surface area contributed by atoms with Gasteiger partial charge >= 0.3 is 0 Å². The van der Waals surface area contributed by atoms with Crippen LogP contribution in [0.5, 0.6) is 5.75 Å². The second kappa shape index (κ2) is 6.72. The lowest BCUT2D eigenvalue weighted by atomic mass is 10.0. The summed E-state index contributed by atoms with van der Waals surface area (Å²) in [6.07, 6.45) is 0.936. The molecule has 1 unspecified atom stereocenters. The van der Waals surface area contributed by atoms with E-state index in [2.05, 4.69) is 50.2 Å². The highest BCUT2D eigenvalue weighted by molar-refractivity contribution is 9.11. The number of carbonyl (C=O) groups excluding carboxylic acids is 1. The van der Waals surface area contributed by atoms with E-state index in [0.29, 0.717) is 5.75 Å². The molecule has 116 valence electrons. The Kier molecular flexibility index (Phi) is 4.90. The minimum atomic E-state index is 0.0270. The van der Waals surface area contributed by atoms with Gasteiger partial charge in [0.1, 0.15) is 5.75 Å². The molecule has 2 heterocycles. The van der Waals surface area contributed by atoms with Gasteiger partial charge < -0.3 is 9.64 Å². The van der Waals surface area contributed by atoms with Crippen LogP contribution in [0.4, 0.5) is 0 Å². The molecule has 1 amide bonds. The number of rotatable bonds is 3. The second-order valence-electron chi connectivity index (χ2n) is 5.18. The van der Waals surface area contributed by atoms with E-state index in [1.807, 2.05) is 23.1 Å². The minimum absolute atomic E-state index is 0.0270. The standard InChI is InChI=1S/C16H15Br2NO2S/c1-10-12-5-7-22-15(12)4-6-19(10)16(20)9-21-14-3-2-11(17)8-13(14)18/h2-3,5,7-8,10H,4,6,9H2,1H3. The highest BCUT2D eigenvalue weighted by Gasteiger charge is 2.28. The molecule has 22 heavy (non-hydrogen) atoms. The van der Waals surface area contributed by atoms with Gasteiger partial charge in [0.05, 0.1) is 10.5 Å². The topological polar surface area (TPSA) is 29.5 Å². The van der Waals surface area contributed by atoms with E-state index in [9.17, 15) is 4.79 Å². The van der Waals surface area contributed by atoms with Crippen LogP contribution in [-0.2, 0) is 11.2 Å². The zero-order valence-corrected chi connectivity index (χ0v) is 16.0. The summed E-state index contributed by atoms with van der Waals surface area (Å²) < 4.78 is 7.47. The highest BCUT2D eigenvalue weighted by Crippen LogP contribution is 2.33. The van der Waals surface area contributed by atoms with Crippen molar-refractivity contribution in [2.24, 2.45) is 0 Å². The molecule has 0 bridgehead atoms. The molecule has 0 saturated heterocycles. The summed E-state index contributed by atoms with van der Waals surface area (Å²) in [5.74, 6) is 0.705. The molecule has 3 rings (SSSR count). The van der Waals surface area contributed by atoms with Gasteiger partial charge in [-0.05, 0) is 64.5 Å². The van der Waals surface area contributed by atoms with Gasteiger partial charge in [0.15, 0.2) is 6.61 Å². The molecular formula is C16H15Br2NO2S. The first kappa shape index (κ1) is 16.0. The van der Waals surface area contributed by atoms with E-state index in [1.165, 1.54) is 10.4 Å². The van der Waals surface area contributed by atoms with Crippen LogP contribution in [0.1, 0.15) is 23.4 Å². The Morgan fingerprint density at radius 1 is 1.41 bits per heavy atom. The number of nitrogens with zero attached hydrogens (tertiary/aromatic N) is 1. The normalized spacial score (nSPS) is 17.2. The van der Waals surface area contributed by atoms with Crippen LogP contribution in [-0.4, -0.2) is 24.0 Å². The van der Waals surface area contributed by atoms with Crippen LogP contribution in [0.2, 0.25) is 0 Å². The molecule has 0 radical (unpaired) electrons. The van der Waals surface area contributed by atoms with Crippen molar-refractivity contribution in [3.05, 3.63) is 49.0 Å². The fourth-order valence-corrected chi connectivity index (χ4v) is 4.79. The number of thiophene rings is 1. The monoisotopic (exact) mass is 443 g/mol. The number of halogens is 2. The van der Waals surface area contributed by atoms with Gasteiger partial charge in [-0.1, -0.05) is 15.9 Å². The third-order valence-electron chi connectivity index (χ3n) is 3.84. The molecule has 1 aliphatic heterocycles. The van der Waals surface area contributed by atoms with Gasteiger partial charge in [-0.25, -0.2) is 0 Å². The Morgan fingerprint density at radius 2 is 2.23 bits per heavy atom. The number of fused-ring (bicyclic) bond motifs is 1. The van der Waals surface area contributed by atoms with Crippen molar-refractivity contribution in [2.75, 3.05) is 13.2 Å². The fraction of sp³-hybridized carbons (Fsp3) is 0.312. The smallest absolute Gasteiger partial charge is 0.261 e. The summed E-state index contributed by atoms with van der Waals surface area (Å²) in [4.78, 5) is 15.8. The lowest BCUT2D eigenvalue weighted by Crippen LogP contribution is -2.40. The Labute approximate surface area is 150 Å². The number of carbonyl (C=O) groups is 1. The number of ether oxygens (including phenoxy) is 1. The maximum atomic E-state index is 12.5. The molecule has 1 aromatic carbocycles. The summed E-state index contributed by atoms with van der Waals surface area (Å²) in [6, 6.07) is 7.89. The van der Waals surface area contributed by atoms with Crippen LogP contribution in [0, 0.1) is 0 Å². The lowest BCUT2D eigenvalue weighted by Gasteiger charge is -2.33. The van der Waals surface area contributed by atoms with Crippen LogP contribution in [0.15, 0.2) is 38.6 Å². The van der Waals surface area contributed by atoms with Gasteiger partial charge in [0.25, 0.3) is 5.91 Å². The molecule has 1 atom stereocenters. The average molecular weight is 445 g/mol. The first-order chi connectivity index (χ1) is 10.6. The van der Waals surface area contributed by atoms with Crippen LogP contribution >= 0.6 is 43.2 Å². The molecule has 1 aromatic heterocycles. The van der Waals surface area contributed by atoms with Gasteiger partial charge in [0.2, 0.25) is 0 Å². The van der Waals surface area contributed by atoms with Gasteiger partial charge in [-0.15, -0.1) is 11.3 Å². The molecule has 3 nitrogen and oxygen atoms in total. The molecule has 1 aliphatic rings. The fourth-order valence-electron chi connectivity index (χ4n) is 2.66. The van der Waals surface area contributed by atoms with Crippen molar-refractivity contribution < 1.29 is 9.53 Å². The van der Waals surface area contributed by atoms with E-state index < -0.39 is 0 Å². The predicted molar refractivity (Wildman–Crippen MR) is 95.5 cm³/mol. The molecule has 0 saturated carbocycles. The Morgan fingerprint density at radius 3 is 3.00 bits per heavy atom. The first-order valence-corrected chi connectivity index (χ1v) is 9.46. The molecule has 0 fully saturated rings. The van der Waals surface area contributed by atoms with E-state index in [1.54, 1.807) is 11.3 Å². The van der Waals surface area contributed by atoms with Gasteiger partial charge in [-0.3, -0.25) is 4.79 Å². The molecule has 0 N–H and O–H groups in total. The zero-order valence-electron chi connectivity index (χ0n) is 12.0. The lowest BCUT2D eigenvalue weighted by molar-refractivity contribution is -0.135. The molecule has 0 spiro atoms. The van der Waals surface area contributed by atoms with E-state index >= 15 is 0 Å². The quantitative estimate of drug-likeness (QED) is 0.680.